The van der Waals surface area contributed by atoms with Gasteiger partial charge in [-0.15, -0.1) is 0 Å². The van der Waals surface area contributed by atoms with Crippen LogP contribution in [0.2, 0.25) is 0 Å². The van der Waals surface area contributed by atoms with Crippen LogP contribution in [0.1, 0.15) is 34.0 Å². The fourth-order valence-corrected chi connectivity index (χ4v) is 3.74. The number of aliphatic imine (C=N–C) groups is 1. The van der Waals surface area contributed by atoms with Crippen molar-refractivity contribution in [2.45, 2.75) is 20.8 Å². The van der Waals surface area contributed by atoms with Gasteiger partial charge in [0.15, 0.2) is 5.17 Å². The number of amides is 1. The van der Waals surface area contributed by atoms with Gasteiger partial charge in [-0.05, 0) is 73.5 Å². The molecule has 2 aromatic rings. The molecule has 0 spiro atoms. The molecule has 1 N–H and O–H groups in total. The number of hydrogen-bond donors (Lipinski definition) is 1. The standard InChI is InChI=1S/C21H20N2O3S/c1-4-23-19(24)18(12-15-7-9-16(10-8-15)20(25)26)27-21(23)22-17-11-13(2)5-6-14(17)3/h5-12H,4H2,1-3H3,(H,25,26)/b18-12+,22-21?. The van der Waals surface area contributed by atoms with E-state index in [1.807, 2.05) is 39.0 Å². The third-order valence-corrected chi connectivity index (χ3v) is 5.25. The number of nitrogens with zero attached hydrogens (tertiary/aromatic N) is 2. The molecule has 5 nitrogen and oxygen atoms in total. The van der Waals surface area contributed by atoms with Gasteiger partial charge in [0, 0.05) is 6.54 Å². The summed E-state index contributed by atoms with van der Waals surface area (Å²) in [6.45, 7) is 6.46. The Morgan fingerprint density at radius 2 is 1.89 bits per heavy atom. The fourth-order valence-electron chi connectivity index (χ4n) is 2.69. The highest BCUT2D eigenvalue weighted by Gasteiger charge is 2.32. The van der Waals surface area contributed by atoms with Crippen LogP contribution in [-0.2, 0) is 4.79 Å². The number of thioether (sulfide) groups is 1. The second-order valence-corrected chi connectivity index (χ2v) is 7.28. The maximum atomic E-state index is 12.7. The Morgan fingerprint density at radius 1 is 1.19 bits per heavy atom. The molecule has 0 bridgehead atoms. The van der Waals surface area contributed by atoms with Crippen molar-refractivity contribution in [3.05, 3.63) is 69.6 Å². The molecule has 0 unspecified atom stereocenters. The highest BCUT2D eigenvalue weighted by Crippen LogP contribution is 2.34. The van der Waals surface area contributed by atoms with Crippen molar-refractivity contribution < 1.29 is 14.7 Å². The number of likely N-dealkylation sites (N-methyl/N-ethyl adjacent to an activating group) is 1. The first-order chi connectivity index (χ1) is 12.9. The van der Waals surface area contributed by atoms with Crippen molar-refractivity contribution in [3.8, 4) is 0 Å². The molecule has 2 aromatic carbocycles. The number of carbonyl (C=O) groups excluding carboxylic acids is 1. The number of rotatable bonds is 4. The lowest BCUT2D eigenvalue weighted by molar-refractivity contribution is -0.122. The highest BCUT2D eigenvalue weighted by molar-refractivity contribution is 8.18. The first-order valence-electron chi connectivity index (χ1n) is 8.59. The van der Waals surface area contributed by atoms with E-state index in [4.69, 9.17) is 10.1 Å². The molecule has 1 heterocycles. The van der Waals surface area contributed by atoms with E-state index in [-0.39, 0.29) is 11.5 Å². The minimum absolute atomic E-state index is 0.0890. The summed E-state index contributed by atoms with van der Waals surface area (Å²) in [7, 11) is 0. The summed E-state index contributed by atoms with van der Waals surface area (Å²) in [5, 5.41) is 9.65. The summed E-state index contributed by atoms with van der Waals surface area (Å²) in [6, 6.07) is 12.5. The number of aromatic carboxylic acids is 1. The van der Waals surface area contributed by atoms with E-state index < -0.39 is 5.97 Å². The van der Waals surface area contributed by atoms with Gasteiger partial charge < -0.3 is 5.11 Å². The molecule has 1 fully saturated rings. The van der Waals surface area contributed by atoms with Crippen LogP contribution in [0, 0.1) is 13.8 Å². The zero-order valence-electron chi connectivity index (χ0n) is 15.4. The van der Waals surface area contributed by atoms with E-state index in [0.29, 0.717) is 16.6 Å². The SMILES string of the molecule is CCN1C(=O)/C(=C\c2ccc(C(=O)O)cc2)SC1=Nc1cc(C)ccc1C. The fraction of sp³-hybridized carbons (Fsp3) is 0.190. The van der Waals surface area contributed by atoms with Gasteiger partial charge >= 0.3 is 5.97 Å². The van der Waals surface area contributed by atoms with E-state index in [9.17, 15) is 9.59 Å². The van der Waals surface area contributed by atoms with Crippen molar-refractivity contribution in [1.82, 2.24) is 4.90 Å². The van der Waals surface area contributed by atoms with Gasteiger partial charge in [0.2, 0.25) is 0 Å². The predicted octanol–water partition coefficient (Wildman–Crippen LogP) is 4.63. The smallest absolute Gasteiger partial charge is 0.335 e. The normalized spacial score (nSPS) is 17.1. The molecule has 1 aliphatic rings. The number of carboxylic acid groups (broad SMARTS) is 1. The Balaban J connectivity index is 1.93. The van der Waals surface area contributed by atoms with Crippen LogP contribution in [-0.4, -0.2) is 33.6 Å². The molecule has 1 amide bonds. The molecule has 1 aliphatic heterocycles. The van der Waals surface area contributed by atoms with Gasteiger partial charge in [0.1, 0.15) is 0 Å². The van der Waals surface area contributed by atoms with Crippen molar-refractivity contribution in [1.29, 1.82) is 0 Å². The van der Waals surface area contributed by atoms with Gasteiger partial charge in [0.05, 0.1) is 16.2 Å². The molecule has 1 saturated heterocycles. The zero-order valence-corrected chi connectivity index (χ0v) is 16.2. The van der Waals surface area contributed by atoms with Crippen LogP contribution in [0.4, 0.5) is 5.69 Å². The molecule has 0 radical (unpaired) electrons. The quantitative estimate of drug-likeness (QED) is 0.786. The van der Waals surface area contributed by atoms with Crippen molar-refractivity contribution >= 4 is 40.6 Å². The summed E-state index contributed by atoms with van der Waals surface area (Å²) in [4.78, 5) is 30.6. The van der Waals surface area contributed by atoms with Crippen molar-refractivity contribution in [3.63, 3.8) is 0 Å². The summed E-state index contributed by atoms with van der Waals surface area (Å²) >= 11 is 1.34. The van der Waals surface area contributed by atoms with E-state index in [0.717, 1.165) is 22.4 Å². The molecule has 6 heteroatoms. The largest absolute Gasteiger partial charge is 0.478 e. The molecular formula is C21H20N2O3S. The molecule has 138 valence electrons. The maximum Gasteiger partial charge on any atom is 0.335 e. The second-order valence-electron chi connectivity index (χ2n) is 6.27. The lowest BCUT2D eigenvalue weighted by Gasteiger charge is -2.12. The van der Waals surface area contributed by atoms with Gasteiger partial charge in [-0.25, -0.2) is 9.79 Å². The Bertz CT molecular complexity index is 962. The highest BCUT2D eigenvalue weighted by atomic mass is 32.2. The number of amidine groups is 1. The van der Waals surface area contributed by atoms with Crippen molar-refractivity contribution in [2.24, 2.45) is 4.99 Å². The van der Waals surface area contributed by atoms with Gasteiger partial charge in [-0.2, -0.15) is 0 Å². The number of benzene rings is 2. The van der Waals surface area contributed by atoms with Gasteiger partial charge in [-0.3, -0.25) is 9.69 Å². The van der Waals surface area contributed by atoms with Gasteiger partial charge in [-0.1, -0.05) is 24.3 Å². The van der Waals surface area contributed by atoms with E-state index in [2.05, 4.69) is 0 Å². The average Bonchev–Trinajstić information content (AvgIpc) is 2.93. The molecule has 0 aliphatic carbocycles. The topological polar surface area (TPSA) is 70.0 Å². The Morgan fingerprint density at radius 3 is 2.52 bits per heavy atom. The van der Waals surface area contributed by atoms with E-state index in [1.165, 1.54) is 23.9 Å². The summed E-state index contributed by atoms with van der Waals surface area (Å²) in [6.07, 6.45) is 1.77. The van der Waals surface area contributed by atoms with Crippen LogP contribution in [0.3, 0.4) is 0 Å². The monoisotopic (exact) mass is 380 g/mol. The Kier molecular flexibility index (Phi) is 5.46. The third kappa shape index (κ3) is 4.11. The molecule has 0 saturated carbocycles. The lowest BCUT2D eigenvalue weighted by Crippen LogP contribution is -2.28. The number of hydrogen-bond acceptors (Lipinski definition) is 4. The van der Waals surface area contributed by atoms with E-state index in [1.54, 1.807) is 23.1 Å². The molecule has 3 rings (SSSR count). The number of carboxylic acids is 1. The minimum Gasteiger partial charge on any atom is -0.478 e. The van der Waals surface area contributed by atoms with Crippen LogP contribution >= 0.6 is 11.8 Å². The maximum absolute atomic E-state index is 12.7. The minimum atomic E-state index is -0.972. The molecule has 0 aromatic heterocycles. The summed E-state index contributed by atoms with van der Waals surface area (Å²) in [5.41, 5.74) is 4.02. The van der Waals surface area contributed by atoms with Crippen LogP contribution < -0.4 is 0 Å². The summed E-state index contributed by atoms with van der Waals surface area (Å²) in [5.74, 6) is -1.06. The zero-order chi connectivity index (χ0) is 19.6. The van der Waals surface area contributed by atoms with E-state index >= 15 is 0 Å². The third-order valence-electron chi connectivity index (χ3n) is 4.24. The van der Waals surface area contributed by atoms with Crippen molar-refractivity contribution in [2.75, 3.05) is 6.54 Å². The first kappa shape index (κ1) is 18.9. The Labute approximate surface area is 162 Å². The van der Waals surface area contributed by atoms with Crippen LogP contribution in [0.15, 0.2) is 52.4 Å². The number of aryl methyl sites for hydroxylation is 2. The number of carbonyl (C=O) groups is 2. The summed E-state index contributed by atoms with van der Waals surface area (Å²) < 4.78 is 0. The second kappa shape index (κ2) is 7.80. The van der Waals surface area contributed by atoms with Crippen LogP contribution in [0.25, 0.3) is 6.08 Å². The van der Waals surface area contributed by atoms with Gasteiger partial charge in [0.25, 0.3) is 5.91 Å². The molecular weight excluding hydrogens is 360 g/mol. The lowest BCUT2D eigenvalue weighted by atomic mass is 10.1. The average molecular weight is 380 g/mol. The first-order valence-corrected chi connectivity index (χ1v) is 9.41. The Hall–Kier alpha value is -2.86. The molecule has 0 atom stereocenters. The van der Waals surface area contributed by atoms with Crippen LogP contribution in [0.5, 0.6) is 0 Å². The predicted molar refractivity (Wildman–Crippen MR) is 109 cm³/mol. The molecule has 27 heavy (non-hydrogen) atoms.